The number of hydrogen-bond acceptors (Lipinski definition) is 1. The minimum absolute atomic E-state index is 0.0179. The maximum absolute atomic E-state index is 12.7. The molecule has 0 spiro atoms. The average molecular weight is 279 g/mol. The number of anilines is 1. The fraction of sp³-hybridized carbons (Fsp3) is 0.316. The summed E-state index contributed by atoms with van der Waals surface area (Å²) in [5, 5.41) is 3.11. The van der Waals surface area contributed by atoms with Gasteiger partial charge in [-0.2, -0.15) is 0 Å². The molecule has 2 heteroatoms. The van der Waals surface area contributed by atoms with Crippen LogP contribution in [-0.2, 0) is 11.2 Å². The summed E-state index contributed by atoms with van der Waals surface area (Å²) in [6.45, 7) is 4.10. The summed E-state index contributed by atoms with van der Waals surface area (Å²) in [4.78, 5) is 12.7. The molecule has 0 aromatic heterocycles. The lowest BCUT2D eigenvalue weighted by Gasteiger charge is -2.25. The van der Waals surface area contributed by atoms with Crippen LogP contribution >= 0.6 is 0 Å². The first-order valence-corrected chi connectivity index (χ1v) is 7.61. The van der Waals surface area contributed by atoms with Crippen molar-refractivity contribution in [3.63, 3.8) is 0 Å². The van der Waals surface area contributed by atoms with E-state index in [9.17, 15) is 4.79 Å². The fourth-order valence-corrected chi connectivity index (χ4v) is 3.20. The molecule has 1 amide bonds. The molecule has 1 N–H and O–H groups in total. The van der Waals surface area contributed by atoms with Gasteiger partial charge in [0.05, 0.1) is 5.92 Å². The fourth-order valence-electron chi connectivity index (χ4n) is 3.20. The van der Waals surface area contributed by atoms with E-state index in [1.54, 1.807) is 0 Å². The molecular weight excluding hydrogens is 258 g/mol. The third kappa shape index (κ3) is 2.85. The summed E-state index contributed by atoms with van der Waals surface area (Å²) in [5.41, 5.74) is 5.78. The van der Waals surface area contributed by atoms with Crippen molar-refractivity contribution in [1.82, 2.24) is 0 Å². The molecule has 0 saturated heterocycles. The molecule has 1 aliphatic rings. The molecule has 1 atom stereocenters. The Morgan fingerprint density at radius 3 is 2.76 bits per heavy atom. The van der Waals surface area contributed by atoms with Gasteiger partial charge >= 0.3 is 0 Å². The lowest BCUT2D eigenvalue weighted by atomic mass is 9.82. The van der Waals surface area contributed by atoms with E-state index in [1.165, 1.54) is 16.7 Å². The maximum Gasteiger partial charge on any atom is 0.231 e. The van der Waals surface area contributed by atoms with Crippen molar-refractivity contribution in [2.24, 2.45) is 0 Å². The molecule has 108 valence electrons. The molecule has 0 saturated carbocycles. The molecule has 3 rings (SSSR count). The summed E-state index contributed by atoms with van der Waals surface area (Å²) < 4.78 is 0. The van der Waals surface area contributed by atoms with E-state index in [1.807, 2.05) is 25.1 Å². The Labute approximate surface area is 126 Å². The molecule has 0 aliphatic heterocycles. The quantitative estimate of drug-likeness (QED) is 0.869. The van der Waals surface area contributed by atoms with Crippen LogP contribution in [0.1, 0.15) is 41.0 Å². The van der Waals surface area contributed by atoms with Gasteiger partial charge in [-0.25, -0.2) is 0 Å². The molecule has 0 radical (unpaired) electrons. The first-order valence-electron chi connectivity index (χ1n) is 7.61. The van der Waals surface area contributed by atoms with Crippen LogP contribution in [0.3, 0.4) is 0 Å². The largest absolute Gasteiger partial charge is 0.325 e. The van der Waals surface area contributed by atoms with Gasteiger partial charge < -0.3 is 5.32 Å². The Hall–Kier alpha value is -2.09. The Morgan fingerprint density at radius 2 is 1.95 bits per heavy atom. The summed E-state index contributed by atoms with van der Waals surface area (Å²) >= 11 is 0. The van der Waals surface area contributed by atoms with Crippen LogP contribution in [0, 0.1) is 13.8 Å². The van der Waals surface area contributed by atoms with Crippen molar-refractivity contribution in [3.05, 3.63) is 64.7 Å². The van der Waals surface area contributed by atoms with Crippen LogP contribution in [0.25, 0.3) is 0 Å². The van der Waals surface area contributed by atoms with Crippen molar-refractivity contribution in [2.45, 2.75) is 39.0 Å². The van der Waals surface area contributed by atoms with Crippen LogP contribution in [-0.4, -0.2) is 5.91 Å². The first-order chi connectivity index (χ1) is 10.1. The van der Waals surface area contributed by atoms with Gasteiger partial charge in [-0.05, 0) is 55.9 Å². The molecule has 1 aliphatic carbocycles. The molecule has 0 unspecified atom stereocenters. The van der Waals surface area contributed by atoms with E-state index in [0.717, 1.165) is 30.5 Å². The van der Waals surface area contributed by atoms with E-state index < -0.39 is 0 Å². The normalized spacial score (nSPS) is 17.1. The number of fused-ring (bicyclic) bond motifs is 1. The number of carbonyl (C=O) groups is 1. The predicted molar refractivity (Wildman–Crippen MR) is 86.7 cm³/mol. The van der Waals surface area contributed by atoms with Gasteiger partial charge in [0.2, 0.25) is 5.91 Å². The number of benzene rings is 2. The van der Waals surface area contributed by atoms with Crippen LogP contribution < -0.4 is 5.32 Å². The second-order valence-electron chi connectivity index (χ2n) is 5.95. The average Bonchev–Trinajstić information content (AvgIpc) is 2.49. The van der Waals surface area contributed by atoms with Crippen molar-refractivity contribution in [3.8, 4) is 0 Å². The van der Waals surface area contributed by atoms with Crippen molar-refractivity contribution in [2.75, 3.05) is 5.32 Å². The Morgan fingerprint density at radius 1 is 1.14 bits per heavy atom. The van der Waals surface area contributed by atoms with Crippen molar-refractivity contribution >= 4 is 11.6 Å². The van der Waals surface area contributed by atoms with Crippen molar-refractivity contribution in [1.29, 1.82) is 0 Å². The van der Waals surface area contributed by atoms with Crippen LogP contribution in [0.2, 0.25) is 0 Å². The van der Waals surface area contributed by atoms with Crippen molar-refractivity contribution < 1.29 is 4.79 Å². The van der Waals surface area contributed by atoms with Gasteiger partial charge in [0, 0.05) is 5.69 Å². The monoisotopic (exact) mass is 279 g/mol. The van der Waals surface area contributed by atoms with Gasteiger partial charge in [0.1, 0.15) is 0 Å². The van der Waals surface area contributed by atoms with E-state index >= 15 is 0 Å². The SMILES string of the molecule is Cc1ccc(NC(=O)[C@@H]2CCCc3ccccc32)c(C)c1. The van der Waals surface area contributed by atoms with E-state index in [4.69, 9.17) is 0 Å². The summed E-state index contributed by atoms with van der Waals surface area (Å²) in [6, 6.07) is 14.5. The zero-order chi connectivity index (χ0) is 14.8. The van der Waals surface area contributed by atoms with Crippen LogP contribution in [0.5, 0.6) is 0 Å². The van der Waals surface area contributed by atoms with Gasteiger partial charge in [-0.1, -0.05) is 42.0 Å². The number of nitrogens with one attached hydrogen (secondary N) is 1. The number of aryl methyl sites for hydroxylation is 3. The minimum atomic E-state index is -0.0179. The number of amides is 1. The molecule has 2 nitrogen and oxygen atoms in total. The van der Waals surface area contributed by atoms with Crippen LogP contribution in [0.15, 0.2) is 42.5 Å². The summed E-state index contributed by atoms with van der Waals surface area (Å²) in [6.07, 6.45) is 3.11. The molecule has 2 aromatic carbocycles. The third-order valence-electron chi connectivity index (χ3n) is 4.33. The summed E-state index contributed by atoms with van der Waals surface area (Å²) in [7, 11) is 0. The van der Waals surface area contributed by atoms with E-state index in [2.05, 4.69) is 36.5 Å². The molecular formula is C19H21NO. The topological polar surface area (TPSA) is 29.1 Å². The van der Waals surface area contributed by atoms with Gasteiger partial charge in [0.25, 0.3) is 0 Å². The molecule has 0 heterocycles. The second kappa shape index (κ2) is 5.72. The smallest absolute Gasteiger partial charge is 0.231 e. The lowest BCUT2D eigenvalue weighted by Crippen LogP contribution is -2.25. The van der Waals surface area contributed by atoms with Gasteiger partial charge in [-0.3, -0.25) is 4.79 Å². The molecule has 2 aromatic rings. The third-order valence-corrected chi connectivity index (χ3v) is 4.33. The summed E-state index contributed by atoms with van der Waals surface area (Å²) in [5.74, 6) is 0.102. The Kier molecular flexibility index (Phi) is 3.78. The highest BCUT2D eigenvalue weighted by Crippen LogP contribution is 2.32. The molecule has 0 bridgehead atoms. The zero-order valence-corrected chi connectivity index (χ0v) is 12.6. The first kappa shape index (κ1) is 13.9. The highest BCUT2D eigenvalue weighted by Gasteiger charge is 2.26. The standard InChI is InChI=1S/C19H21NO/c1-13-10-11-18(14(2)12-13)20-19(21)17-9-5-7-15-6-3-4-8-16(15)17/h3-4,6,8,10-12,17H,5,7,9H2,1-2H3,(H,20,21)/t17-/m1/s1. The number of rotatable bonds is 2. The predicted octanol–water partition coefficient (Wildman–Crippen LogP) is 4.36. The minimum Gasteiger partial charge on any atom is -0.325 e. The highest BCUT2D eigenvalue weighted by atomic mass is 16.1. The highest BCUT2D eigenvalue weighted by molar-refractivity contribution is 5.96. The van der Waals surface area contributed by atoms with Crippen LogP contribution in [0.4, 0.5) is 5.69 Å². The second-order valence-corrected chi connectivity index (χ2v) is 5.95. The van der Waals surface area contributed by atoms with Gasteiger partial charge in [-0.15, -0.1) is 0 Å². The van der Waals surface area contributed by atoms with E-state index in [-0.39, 0.29) is 11.8 Å². The number of carbonyl (C=O) groups excluding carboxylic acids is 1. The number of hydrogen-bond donors (Lipinski definition) is 1. The van der Waals surface area contributed by atoms with Gasteiger partial charge in [0.15, 0.2) is 0 Å². The molecule has 21 heavy (non-hydrogen) atoms. The Bertz CT molecular complexity index is 675. The Balaban J connectivity index is 1.83. The zero-order valence-electron chi connectivity index (χ0n) is 12.6. The maximum atomic E-state index is 12.7. The molecule has 0 fully saturated rings. The van der Waals surface area contributed by atoms with E-state index in [0.29, 0.717) is 0 Å². The lowest BCUT2D eigenvalue weighted by molar-refractivity contribution is -0.117.